The van der Waals surface area contributed by atoms with Crippen molar-refractivity contribution in [3.63, 3.8) is 0 Å². The van der Waals surface area contributed by atoms with E-state index in [1.165, 1.54) is 0 Å². The number of hydrogen-bond acceptors (Lipinski definition) is 3. The lowest BCUT2D eigenvalue weighted by Crippen LogP contribution is -2.37. The zero-order chi connectivity index (χ0) is 14.4. The third kappa shape index (κ3) is 3.71. The van der Waals surface area contributed by atoms with E-state index in [1.54, 1.807) is 42.7 Å². The van der Waals surface area contributed by atoms with Crippen molar-refractivity contribution < 1.29 is 14.0 Å². The van der Waals surface area contributed by atoms with E-state index in [0.717, 1.165) is 0 Å². The van der Waals surface area contributed by atoms with Crippen LogP contribution >= 0.6 is 0 Å². The van der Waals surface area contributed by atoms with E-state index >= 15 is 0 Å². The molecule has 1 heterocycles. The van der Waals surface area contributed by atoms with Gasteiger partial charge in [0, 0.05) is 5.56 Å². The lowest BCUT2D eigenvalue weighted by molar-refractivity contribution is -0.120. The second kappa shape index (κ2) is 6.56. The highest BCUT2D eigenvalue weighted by molar-refractivity contribution is 5.96. The normalized spacial score (nSPS) is 11.7. The third-order valence-electron chi connectivity index (χ3n) is 2.79. The van der Waals surface area contributed by atoms with Gasteiger partial charge in [0.25, 0.3) is 5.91 Å². The van der Waals surface area contributed by atoms with Crippen LogP contribution in [-0.4, -0.2) is 18.4 Å². The molecule has 0 spiro atoms. The summed E-state index contributed by atoms with van der Waals surface area (Å²) in [7, 11) is 0. The maximum absolute atomic E-state index is 11.8. The zero-order valence-corrected chi connectivity index (χ0v) is 11.1. The molecule has 2 rings (SSSR count). The first-order chi connectivity index (χ1) is 9.66. The fourth-order valence-corrected chi connectivity index (χ4v) is 1.75. The van der Waals surface area contributed by atoms with Crippen molar-refractivity contribution in [2.75, 3.05) is 6.54 Å². The lowest BCUT2D eigenvalue weighted by atomic mass is 10.2. The smallest absolute Gasteiger partial charge is 0.251 e. The van der Waals surface area contributed by atoms with Gasteiger partial charge in [0.2, 0.25) is 5.91 Å². The van der Waals surface area contributed by atoms with Gasteiger partial charge in [-0.05, 0) is 31.2 Å². The molecule has 1 atom stereocenters. The molecule has 0 fully saturated rings. The quantitative estimate of drug-likeness (QED) is 0.873. The highest BCUT2D eigenvalue weighted by atomic mass is 16.3. The van der Waals surface area contributed by atoms with Crippen LogP contribution in [0.2, 0.25) is 0 Å². The van der Waals surface area contributed by atoms with E-state index in [2.05, 4.69) is 10.6 Å². The summed E-state index contributed by atoms with van der Waals surface area (Å²) < 4.78 is 5.19. The fraction of sp³-hybridized carbons (Fsp3) is 0.200. The molecule has 0 bridgehead atoms. The fourth-order valence-electron chi connectivity index (χ4n) is 1.75. The van der Waals surface area contributed by atoms with E-state index in [-0.39, 0.29) is 24.4 Å². The number of carbonyl (C=O) groups excluding carboxylic acids is 2. The Morgan fingerprint density at radius 1 is 1.15 bits per heavy atom. The molecule has 2 amide bonds. The Morgan fingerprint density at radius 3 is 2.55 bits per heavy atom. The molecule has 1 aromatic carbocycles. The summed E-state index contributed by atoms with van der Waals surface area (Å²) in [6, 6.07) is 12.1. The predicted octanol–water partition coefficient (Wildman–Crippen LogP) is 1.89. The van der Waals surface area contributed by atoms with Crippen molar-refractivity contribution in [3.8, 4) is 0 Å². The molecule has 2 aromatic rings. The first kappa shape index (κ1) is 13.9. The van der Waals surface area contributed by atoms with Gasteiger partial charge in [-0.25, -0.2) is 0 Å². The average Bonchev–Trinajstić information content (AvgIpc) is 3.00. The molecule has 20 heavy (non-hydrogen) atoms. The monoisotopic (exact) mass is 272 g/mol. The summed E-state index contributed by atoms with van der Waals surface area (Å²) in [4.78, 5) is 23.5. The Balaban J connectivity index is 1.79. The lowest BCUT2D eigenvalue weighted by Gasteiger charge is -2.11. The van der Waals surface area contributed by atoms with Crippen molar-refractivity contribution in [1.82, 2.24) is 10.6 Å². The van der Waals surface area contributed by atoms with E-state index in [9.17, 15) is 9.59 Å². The molecular formula is C15H16N2O3. The molecule has 0 aliphatic rings. The van der Waals surface area contributed by atoms with Gasteiger partial charge in [0.15, 0.2) is 0 Å². The van der Waals surface area contributed by atoms with Crippen molar-refractivity contribution in [3.05, 3.63) is 60.1 Å². The van der Waals surface area contributed by atoms with Crippen LogP contribution in [0.25, 0.3) is 0 Å². The summed E-state index contributed by atoms with van der Waals surface area (Å²) in [5.41, 5.74) is 0.527. The molecular weight excluding hydrogens is 256 g/mol. The Labute approximate surface area is 117 Å². The van der Waals surface area contributed by atoms with Crippen LogP contribution in [0.4, 0.5) is 0 Å². The van der Waals surface area contributed by atoms with Crippen molar-refractivity contribution in [2.24, 2.45) is 0 Å². The predicted molar refractivity (Wildman–Crippen MR) is 74.0 cm³/mol. The van der Waals surface area contributed by atoms with Gasteiger partial charge in [-0.2, -0.15) is 0 Å². The molecule has 0 saturated carbocycles. The summed E-state index contributed by atoms with van der Waals surface area (Å²) >= 11 is 0. The molecule has 2 N–H and O–H groups in total. The van der Waals surface area contributed by atoms with Crippen molar-refractivity contribution in [2.45, 2.75) is 13.0 Å². The Morgan fingerprint density at radius 2 is 1.90 bits per heavy atom. The minimum absolute atomic E-state index is 0.0707. The third-order valence-corrected chi connectivity index (χ3v) is 2.79. The van der Waals surface area contributed by atoms with Crippen LogP contribution in [0, 0.1) is 0 Å². The van der Waals surface area contributed by atoms with Crippen LogP contribution in [0.1, 0.15) is 29.1 Å². The van der Waals surface area contributed by atoms with Gasteiger partial charge >= 0.3 is 0 Å². The molecule has 5 nitrogen and oxygen atoms in total. The van der Waals surface area contributed by atoms with Gasteiger partial charge in [-0.1, -0.05) is 18.2 Å². The van der Waals surface area contributed by atoms with E-state index in [4.69, 9.17) is 4.42 Å². The van der Waals surface area contributed by atoms with Crippen molar-refractivity contribution in [1.29, 1.82) is 0 Å². The minimum Gasteiger partial charge on any atom is -0.467 e. The average molecular weight is 272 g/mol. The van der Waals surface area contributed by atoms with Gasteiger partial charge < -0.3 is 15.1 Å². The molecule has 0 unspecified atom stereocenters. The first-order valence-electron chi connectivity index (χ1n) is 6.33. The molecule has 104 valence electrons. The van der Waals surface area contributed by atoms with Gasteiger partial charge in [-0.3, -0.25) is 9.59 Å². The topological polar surface area (TPSA) is 71.3 Å². The van der Waals surface area contributed by atoms with Gasteiger partial charge in [0.05, 0.1) is 18.8 Å². The van der Waals surface area contributed by atoms with Gasteiger partial charge in [0.1, 0.15) is 5.76 Å². The highest BCUT2D eigenvalue weighted by Gasteiger charge is 2.12. The minimum atomic E-state index is -0.272. The van der Waals surface area contributed by atoms with E-state index < -0.39 is 0 Å². The molecule has 0 aliphatic heterocycles. The maximum Gasteiger partial charge on any atom is 0.251 e. The number of nitrogens with one attached hydrogen (secondary N) is 2. The number of amides is 2. The van der Waals surface area contributed by atoms with Crippen molar-refractivity contribution >= 4 is 11.8 Å². The second-order valence-electron chi connectivity index (χ2n) is 4.35. The standard InChI is InChI=1S/C15H16N2O3/c1-11(13-8-5-9-20-13)17-14(18)10-16-15(19)12-6-3-2-4-7-12/h2-9,11H,10H2,1H3,(H,16,19)(H,17,18)/t11-/m0/s1. The molecule has 0 radical (unpaired) electrons. The largest absolute Gasteiger partial charge is 0.467 e. The first-order valence-corrected chi connectivity index (χ1v) is 6.33. The Bertz CT molecular complexity index is 564. The molecule has 0 aliphatic carbocycles. The summed E-state index contributed by atoms with van der Waals surface area (Å²) in [6.45, 7) is 1.74. The van der Waals surface area contributed by atoms with Crippen LogP contribution in [0.15, 0.2) is 53.1 Å². The summed E-state index contributed by atoms with van der Waals surface area (Å²) in [5.74, 6) is 0.136. The number of hydrogen-bond donors (Lipinski definition) is 2. The van der Waals surface area contributed by atoms with Crippen LogP contribution in [0.3, 0.4) is 0 Å². The van der Waals surface area contributed by atoms with E-state index in [0.29, 0.717) is 11.3 Å². The Hall–Kier alpha value is -2.56. The molecule has 5 heteroatoms. The number of carbonyl (C=O) groups is 2. The van der Waals surface area contributed by atoms with Gasteiger partial charge in [-0.15, -0.1) is 0 Å². The van der Waals surface area contributed by atoms with Crippen LogP contribution in [0.5, 0.6) is 0 Å². The summed E-state index contributed by atoms with van der Waals surface area (Å²) in [5, 5.41) is 5.31. The SMILES string of the molecule is C[C@H](NC(=O)CNC(=O)c1ccccc1)c1ccco1. The van der Waals surface area contributed by atoms with Crippen LogP contribution < -0.4 is 10.6 Å². The highest BCUT2D eigenvalue weighted by Crippen LogP contribution is 2.11. The van der Waals surface area contributed by atoms with Crippen LogP contribution in [-0.2, 0) is 4.79 Å². The second-order valence-corrected chi connectivity index (χ2v) is 4.35. The number of benzene rings is 1. The van der Waals surface area contributed by atoms with E-state index in [1.807, 2.05) is 13.0 Å². The zero-order valence-electron chi connectivity index (χ0n) is 11.1. The summed E-state index contributed by atoms with van der Waals surface area (Å²) in [6.07, 6.45) is 1.55. The Kier molecular flexibility index (Phi) is 4.55. The molecule has 1 aromatic heterocycles. The maximum atomic E-state index is 11.8. The number of rotatable bonds is 5. The number of furan rings is 1. The molecule has 0 saturated heterocycles.